The minimum Gasteiger partial charge on any atom is -0.508 e. The Hall–Kier alpha value is -1.96. The van der Waals surface area contributed by atoms with Crippen LogP contribution in [0.3, 0.4) is 0 Å². The minimum atomic E-state index is 0.0172. The van der Waals surface area contributed by atoms with Gasteiger partial charge in [0.2, 0.25) is 0 Å². The first kappa shape index (κ1) is 19.8. The Morgan fingerprint density at radius 3 is 1.59 bits per heavy atom. The average Bonchev–Trinajstić information content (AvgIpc) is 3.17. The molecule has 0 amide bonds. The number of aromatic hydroxyl groups is 2. The second kappa shape index (κ2) is 8.82. The SMILES string of the molecule is CCCCc1cc(C2(c3ccc(O)c(CCCC)c3)CCCC2)ccc1O. The summed E-state index contributed by atoms with van der Waals surface area (Å²) in [6.45, 7) is 4.38. The van der Waals surface area contributed by atoms with Gasteiger partial charge in [0.05, 0.1) is 0 Å². The first-order valence-corrected chi connectivity index (χ1v) is 10.8. The molecule has 0 heterocycles. The molecule has 1 fully saturated rings. The summed E-state index contributed by atoms with van der Waals surface area (Å²) in [5.74, 6) is 0.851. The zero-order valence-electron chi connectivity index (χ0n) is 16.9. The molecule has 2 heteroatoms. The molecule has 1 aliphatic rings. The summed E-state index contributed by atoms with van der Waals surface area (Å²) in [5.41, 5.74) is 4.83. The number of hydrogen-bond acceptors (Lipinski definition) is 2. The van der Waals surface area contributed by atoms with Crippen molar-refractivity contribution >= 4 is 0 Å². The summed E-state index contributed by atoms with van der Waals surface area (Å²) < 4.78 is 0. The fourth-order valence-electron chi connectivity index (χ4n) is 4.62. The second-order valence-electron chi connectivity index (χ2n) is 8.18. The molecule has 0 spiro atoms. The van der Waals surface area contributed by atoms with Crippen LogP contribution in [0.4, 0.5) is 0 Å². The molecule has 0 aliphatic heterocycles. The van der Waals surface area contributed by atoms with Gasteiger partial charge in [-0.2, -0.15) is 0 Å². The van der Waals surface area contributed by atoms with Gasteiger partial charge in [-0.25, -0.2) is 0 Å². The number of unbranched alkanes of at least 4 members (excludes halogenated alkanes) is 2. The summed E-state index contributed by atoms with van der Waals surface area (Å²) in [6, 6.07) is 12.5. The zero-order chi connectivity index (χ0) is 19.3. The van der Waals surface area contributed by atoms with E-state index in [0.29, 0.717) is 11.5 Å². The summed E-state index contributed by atoms with van der Waals surface area (Å²) in [5, 5.41) is 20.6. The Labute approximate surface area is 164 Å². The van der Waals surface area contributed by atoms with Gasteiger partial charge < -0.3 is 10.2 Å². The molecule has 0 radical (unpaired) electrons. The average molecular weight is 367 g/mol. The van der Waals surface area contributed by atoms with Gasteiger partial charge in [0, 0.05) is 5.41 Å². The number of phenolic OH excluding ortho intramolecular Hbond substituents is 2. The van der Waals surface area contributed by atoms with Crippen LogP contribution < -0.4 is 0 Å². The lowest BCUT2D eigenvalue weighted by Crippen LogP contribution is -2.24. The molecule has 146 valence electrons. The van der Waals surface area contributed by atoms with E-state index in [9.17, 15) is 10.2 Å². The monoisotopic (exact) mass is 366 g/mol. The number of rotatable bonds is 8. The van der Waals surface area contributed by atoms with E-state index in [2.05, 4.69) is 38.1 Å². The van der Waals surface area contributed by atoms with Gasteiger partial charge in [0.25, 0.3) is 0 Å². The highest BCUT2D eigenvalue weighted by Gasteiger charge is 2.38. The predicted octanol–water partition coefficient (Wildman–Crippen LogP) is 6.64. The third-order valence-electron chi connectivity index (χ3n) is 6.32. The Bertz CT molecular complexity index is 697. The first-order chi connectivity index (χ1) is 13.1. The molecule has 3 rings (SSSR count). The van der Waals surface area contributed by atoms with E-state index in [4.69, 9.17) is 0 Å². The van der Waals surface area contributed by atoms with E-state index in [0.717, 1.165) is 62.5 Å². The first-order valence-electron chi connectivity index (χ1n) is 10.8. The van der Waals surface area contributed by atoms with Crippen molar-refractivity contribution in [3.05, 3.63) is 58.7 Å². The van der Waals surface area contributed by atoms with Gasteiger partial charge in [0.15, 0.2) is 0 Å². The fourth-order valence-corrected chi connectivity index (χ4v) is 4.62. The maximum absolute atomic E-state index is 10.3. The maximum atomic E-state index is 10.3. The molecule has 1 saturated carbocycles. The Morgan fingerprint density at radius 2 is 1.19 bits per heavy atom. The van der Waals surface area contributed by atoms with Crippen molar-refractivity contribution in [2.24, 2.45) is 0 Å². The van der Waals surface area contributed by atoms with Crippen molar-refractivity contribution in [1.82, 2.24) is 0 Å². The van der Waals surface area contributed by atoms with Gasteiger partial charge in [-0.05, 0) is 72.9 Å². The molecule has 2 aromatic rings. The third kappa shape index (κ3) is 4.15. The largest absolute Gasteiger partial charge is 0.508 e. The topological polar surface area (TPSA) is 40.5 Å². The smallest absolute Gasteiger partial charge is 0.118 e. The van der Waals surface area contributed by atoms with E-state index in [1.165, 1.54) is 24.0 Å². The van der Waals surface area contributed by atoms with Gasteiger partial charge in [-0.3, -0.25) is 0 Å². The molecule has 2 aromatic carbocycles. The van der Waals surface area contributed by atoms with Crippen LogP contribution in [0.5, 0.6) is 11.5 Å². The van der Waals surface area contributed by atoms with Crippen molar-refractivity contribution in [1.29, 1.82) is 0 Å². The molecule has 2 nitrogen and oxygen atoms in total. The van der Waals surface area contributed by atoms with E-state index >= 15 is 0 Å². The molecule has 0 aromatic heterocycles. The number of phenols is 2. The zero-order valence-corrected chi connectivity index (χ0v) is 16.9. The van der Waals surface area contributed by atoms with Crippen LogP contribution in [0.25, 0.3) is 0 Å². The van der Waals surface area contributed by atoms with Gasteiger partial charge in [-0.15, -0.1) is 0 Å². The summed E-state index contributed by atoms with van der Waals surface area (Å²) >= 11 is 0. The maximum Gasteiger partial charge on any atom is 0.118 e. The van der Waals surface area contributed by atoms with Crippen molar-refractivity contribution < 1.29 is 10.2 Å². The third-order valence-corrected chi connectivity index (χ3v) is 6.32. The lowest BCUT2D eigenvalue weighted by molar-refractivity contribution is 0.462. The lowest BCUT2D eigenvalue weighted by Gasteiger charge is -2.32. The van der Waals surface area contributed by atoms with E-state index in [1.54, 1.807) is 0 Å². The quantitative estimate of drug-likeness (QED) is 0.549. The number of hydrogen-bond donors (Lipinski definition) is 2. The van der Waals surface area contributed by atoms with E-state index in [-0.39, 0.29) is 5.41 Å². The van der Waals surface area contributed by atoms with Crippen LogP contribution in [0.2, 0.25) is 0 Å². The van der Waals surface area contributed by atoms with Crippen LogP contribution in [0.15, 0.2) is 36.4 Å². The summed E-state index contributed by atoms with van der Waals surface area (Å²) in [6.07, 6.45) is 11.1. The number of aryl methyl sites for hydroxylation is 2. The molecule has 27 heavy (non-hydrogen) atoms. The van der Waals surface area contributed by atoms with Crippen molar-refractivity contribution in [3.8, 4) is 11.5 Å². The van der Waals surface area contributed by atoms with E-state index in [1.807, 2.05) is 12.1 Å². The Morgan fingerprint density at radius 1 is 0.741 bits per heavy atom. The van der Waals surface area contributed by atoms with E-state index < -0.39 is 0 Å². The van der Waals surface area contributed by atoms with Crippen molar-refractivity contribution in [2.45, 2.75) is 83.5 Å². The molecule has 0 unspecified atom stereocenters. The normalized spacial score (nSPS) is 15.9. The Kier molecular flexibility index (Phi) is 6.46. The highest BCUT2D eigenvalue weighted by atomic mass is 16.3. The molecule has 0 bridgehead atoms. The standard InChI is InChI=1S/C25H34O2/c1-3-5-9-19-17-21(11-13-23(19)26)25(15-7-8-16-25)22-12-14-24(27)20(18-22)10-6-4-2/h11-14,17-18,26-27H,3-10,15-16H2,1-2H3. The highest BCUT2D eigenvalue weighted by Crippen LogP contribution is 2.48. The molecule has 0 atom stereocenters. The fraction of sp³-hybridized carbons (Fsp3) is 0.520. The van der Waals surface area contributed by atoms with Crippen LogP contribution in [0.1, 0.15) is 87.5 Å². The van der Waals surface area contributed by atoms with Gasteiger partial charge in [0.1, 0.15) is 11.5 Å². The van der Waals surface area contributed by atoms with Crippen LogP contribution >= 0.6 is 0 Å². The molecular weight excluding hydrogens is 332 g/mol. The van der Waals surface area contributed by atoms with Crippen LogP contribution in [-0.2, 0) is 18.3 Å². The molecular formula is C25H34O2. The van der Waals surface area contributed by atoms with Crippen molar-refractivity contribution in [2.75, 3.05) is 0 Å². The summed E-state index contributed by atoms with van der Waals surface area (Å²) in [4.78, 5) is 0. The summed E-state index contributed by atoms with van der Waals surface area (Å²) in [7, 11) is 0. The highest BCUT2D eigenvalue weighted by molar-refractivity contribution is 5.48. The molecule has 2 N–H and O–H groups in total. The molecule has 0 saturated heterocycles. The van der Waals surface area contributed by atoms with Gasteiger partial charge >= 0.3 is 0 Å². The van der Waals surface area contributed by atoms with Crippen LogP contribution in [0, 0.1) is 0 Å². The lowest BCUT2D eigenvalue weighted by atomic mass is 9.72. The predicted molar refractivity (Wildman–Crippen MR) is 113 cm³/mol. The Balaban J connectivity index is 2.02. The van der Waals surface area contributed by atoms with Crippen molar-refractivity contribution in [3.63, 3.8) is 0 Å². The molecule has 1 aliphatic carbocycles. The van der Waals surface area contributed by atoms with Crippen LogP contribution in [-0.4, -0.2) is 10.2 Å². The minimum absolute atomic E-state index is 0.0172. The number of benzene rings is 2. The van der Waals surface area contributed by atoms with Gasteiger partial charge in [-0.1, -0.05) is 63.8 Å². The second-order valence-corrected chi connectivity index (χ2v) is 8.18.